The molecule has 1 aliphatic rings. The molecule has 3 N–H and O–H groups in total. The lowest BCUT2D eigenvalue weighted by atomic mass is 9.84. The number of halogens is 1. The molecule has 1 saturated heterocycles. The second kappa shape index (κ2) is 16.0. The number of ether oxygens (including phenoxy) is 3. The number of benzene rings is 4. The van der Waals surface area contributed by atoms with Gasteiger partial charge < -0.3 is 25.3 Å². The van der Waals surface area contributed by atoms with Gasteiger partial charge in [-0.05, 0) is 65.9 Å². The molecule has 3 atom stereocenters. The minimum atomic E-state index is -1.20. The number of hydrogen-bond acceptors (Lipinski definition) is 8. The second-order valence-electron chi connectivity index (χ2n) is 11.3. The number of imide groups is 1. The summed E-state index contributed by atoms with van der Waals surface area (Å²) < 4.78 is 31.9. The second-order valence-corrected chi connectivity index (χ2v) is 11.3. The lowest BCUT2D eigenvalue weighted by molar-refractivity contribution is -0.119. The summed E-state index contributed by atoms with van der Waals surface area (Å²) in [5.74, 6) is -1.29. The summed E-state index contributed by atoms with van der Waals surface area (Å²) >= 11 is 0. The third kappa shape index (κ3) is 8.40. The van der Waals surface area contributed by atoms with Crippen LogP contribution < -0.4 is 20.7 Å². The van der Waals surface area contributed by atoms with E-state index in [1.165, 1.54) is 13.2 Å². The van der Waals surface area contributed by atoms with Crippen LogP contribution in [0.3, 0.4) is 0 Å². The summed E-state index contributed by atoms with van der Waals surface area (Å²) in [6, 6.07) is 30.4. The third-order valence-electron chi connectivity index (χ3n) is 8.11. The Morgan fingerprint density at radius 3 is 2.23 bits per heavy atom. The SMILES string of the molecule is COC(=O)N(C(=O)[C@@H](N)C(c1ccccc1)c1ccccc1)c1cc(F)ccc1CC[C@@H]1CNC[C@@H](COc2ccc(C#N)cc2)O1. The van der Waals surface area contributed by atoms with Crippen molar-refractivity contribution in [1.29, 1.82) is 5.26 Å². The van der Waals surface area contributed by atoms with E-state index in [-0.39, 0.29) is 17.9 Å². The van der Waals surface area contributed by atoms with Crippen LogP contribution in [0.25, 0.3) is 0 Å². The van der Waals surface area contributed by atoms with Gasteiger partial charge in [-0.2, -0.15) is 5.26 Å². The Morgan fingerprint density at radius 2 is 1.62 bits per heavy atom. The van der Waals surface area contributed by atoms with E-state index in [9.17, 15) is 14.0 Å². The molecule has 47 heavy (non-hydrogen) atoms. The van der Waals surface area contributed by atoms with Crippen LogP contribution in [-0.4, -0.2) is 57.1 Å². The van der Waals surface area contributed by atoms with Crippen molar-refractivity contribution in [1.82, 2.24) is 5.32 Å². The smallest absolute Gasteiger partial charge is 0.420 e. The summed E-state index contributed by atoms with van der Waals surface area (Å²) in [4.78, 5) is 28.3. The summed E-state index contributed by atoms with van der Waals surface area (Å²) in [6.45, 7) is 1.50. The molecule has 10 heteroatoms. The van der Waals surface area contributed by atoms with Crippen LogP contribution in [0.4, 0.5) is 14.9 Å². The topological polar surface area (TPSA) is 127 Å². The minimum Gasteiger partial charge on any atom is -0.491 e. The largest absolute Gasteiger partial charge is 0.491 e. The highest BCUT2D eigenvalue weighted by Crippen LogP contribution is 2.31. The highest BCUT2D eigenvalue weighted by molar-refractivity contribution is 6.15. The molecule has 0 spiro atoms. The molecular weight excluding hydrogens is 599 g/mol. The molecule has 1 heterocycles. The number of nitriles is 1. The van der Waals surface area contributed by atoms with Crippen LogP contribution in [0.1, 0.15) is 34.6 Å². The van der Waals surface area contributed by atoms with E-state index in [2.05, 4.69) is 11.4 Å². The fourth-order valence-electron chi connectivity index (χ4n) is 5.75. The van der Waals surface area contributed by atoms with E-state index < -0.39 is 29.8 Å². The predicted octanol–water partition coefficient (Wildman–Crippen LogP) is 5.32. The first-order chi connectivity index (χ1) is 22.9. The quantitative estimate of drug-likeness (QED) is 0.226. The fraction of sp³-hybridized carbons (Fsp3) is 0.270. The monoisotopic (exact) mass is 636 g/mol. The third-order valence-corrected chi connectivity index (χ3v) is 8.11. The minimum absolute atomic E-state index is 0.0710. The Kier molecular flexibility index (Phi) is 11.3. The Bertz CT molecular complexity index is 1640. The first kappa shape index (κ1) is 33.3. The molecule has 0 aliphatic carbocycles. The van der Waals surface area contributed by atoms with Gasteiger partial charge in [0, 0.05) is 19.0 Å². The number of morpholine rings is 1. The molecular formula is C37H37FN4O5. The van der Waals surface area contributed by atoms with Gasteiger partial charge in [0.15, 0.2) is 0 Å². The molecule has 0 bridgehead atoms. The van der Waals surface area contributed by atoms with Crippen LogP contribution in [-0.2, 0) is 20.7 Å². The molecule has 0 unspecified atom stereocenters. The average Bonchev–Trinajstić information content (AvgIpc) is 3.11. The van der Waals surface area contributed by atoms with Gasteiger partial charge in [-0.25, -0.2) is 14.1 Å². The van der Waals surface area contributed by atoms with E-state index in [0.29, 0.717) is 49.4 Å². The van der Waals surface area contributed by atoms with Crippen molar-refractivity contribution in [3.63, 3.8) is 0 Å². The number of methoxy groups -OCH3 is 1. The van der Waals surface area contributed by atoms with Crippen molar-refractivity contribution in [2.75, 3.05) is 31.7 Å². The summed E-state index contributed by atoms with van der Waals surface area (Å²) in [5.41, 5.74) is 9.46. The zero-order chi connectivity index (χ0) is 33.2. The Labute approximate surface area is 273 Å². The summed E-state index contributed by atoms with van der Waals surface area (Å²) in [5, 5.41) is 12.4. The number of aryl methyl sites for hydroxylation is 1. The fourth-order valence-corrected chi connectivity index (χ4v) is 5.75. The van der Waals surface area contributed by atoms with Crippen molar-refractivity contribution in [2.45, 2.75) is 37.0 Å². The zero-order valence-corrected chi connectivity index (χ0v) is 26.1. The van der Waals surface area contributed by atoms with Gasteiger partial charge in [0.2, 0.25) is 0 Å². The Balaban J connectivity index is 1.33. The van der Waals surface area contributed by atoms with Gasteiger partial charge in [-0.1, -0.05) is 66.7 Å². The number of hydrogen-bond donors (Lipinski definition) is 2. The zero-order valence-electron chi connectivity index (χ0n) is 26.1. The van der Waals surface area contributed by atoms with Gasteiger partial charge >= 0.3 is 6.09 Å². The Morgan fingerprint density at radius 1 is 0.979 bits per heavy atom. The molecule has 1 fully saturated rings. The molecule has 5 rings (SSSR count). The van der Waals surface area contributed by atoms with Crippen molar-refractivity contribution < 1.29 is 28.2 Å². The molecule has 4 aromatic carbocycles. The van der Waals surface area contributed by atoms with Gasteiger partial charge in [0.05, 0.1) is 36.6 Å². The maximum absolute atomic E-state index is 14.8. The molecule has 2 amide bonds. The lowest BCUT2D eigenvalue weighted by Gasteiger charge is -2.32. The number of nitrogens with two attached hydrogens (primary N) is 1. The first-order valence-corrected chi connectivity index (χ1v) is 15.4. The number of carbonyl (C=O) groups is 2. The predicted molar refractivity (Wildman–Crippen MR) is 175 cm³/mol. The normalized spacial score (nSPS) is 16.6. The lowest BCUT2D eigenvalue weighted by Crippen LogP contribution is -2.50. The maximum atomic E-state index is 14.8. The number of nitrogens with one attached hydrogen (secondary N) is 1. The number of nitrogens with zero attached hydrogens (tertiary/aromatic N) is 2. The van der Waals surface area contributed by atoms with Gasteiger partial charge in [-0.15, -0.1) is 0 Å². The van der Waals surface area contributed by atoms with Gasteiger partial charge in [0.1, 0.15) is 24.3 Å². The Hall–Kier alpha value is -5.08. The molecule has 9 nitrogen and oxygen atoms in total. The van der Waals surface area contributed by atoms with Crippen LogP contribution in [0.2, 0.25) is 0 Å². The molecule has 0 saturated carbocycles. The van der Waals surface area contributed by atoms with E-state index >= 15 is 0 Å². The van der Waals surface area contributed by atoms with Crippen LogP contribution in [0.5, 0.6) is 5.75 Å². The molecule has 0 radical (unpaired) electrons. The van der Waals surface area contributed by atoms with Crippen LogP contribution >= 0.6 is 0 Å². The van der Waals surface area contributed by atoms with Gasteiger partial charge in [-0.3, -0.25) is 4.79 Å². The van der Waals surface area contributed by atoms with E-state index in [4.69, 9.17) is 25.2 Å². The highest BCUT2D eigenvalue weighted by atomic mass is 19.1. The number of carbonyl (C=O) groups excluding carboxylic acids is 2. The van der Waals surface area contributed by atoms with Gasteiger partial charge in [0.25, 0.3) is 5.91 Å². The van der Waals surface area contributed by atoms with Crippen molar-refractivity contribution in [3.05, 3.63) is 131 Å². The van der Waals surface area contributed by atoms with Crippen molar-refractivity contribution >= 4 is 17.7 Å². The van der Waals surface area contributed by atoms with Crippen LogP contribution in [0, 0.1) is 17.1 Å². The molecule has 242 valence electrons. The first-order valence-electron chi connectivity index (χ1n) is 15.4. The average molecular weight is 637 g/mol. The number of anilines is 1. The van der Waals surface area contributed by atoms with E-state index in [1.54, 1.807) is 30.3 Å². The highest BCUT2D eigenvalue weighted by Gasteiger charge is 2.36. The van der Waals surface area contributed by atoms with Crippen molar-refractivity contribution in [2.24, 2.45) is 5.73 Å². The summed E-state index contributed by atoms with van der Waals surface area (Å²) in [7, 11) is 1.17. The molecule has 1 aliphatic heterocycles. The maximum Gasteiger partial charge on any atom is 0.420 e. The molecule has 0 aromatic heterocycles. The van der Waals surface area contributed by atoms with Crippen LogP contribution in [0.15, 0.2) is 103 Å². The van der Waals surface area contributed by atoms with E-state index in [1.807, 2.05) is 60.7 Å². The summed E-state index contributed by atoms with van der Waals surface area (Å²) in [6.07, 6.45) is -0.502. The van der Waals surface area contributed by atoms with Crippen molar-refractivity contribution in [3.8, 4) is 11.8 Å². The van der Waals surface area contributed by atoms with E-state index in [0.717, 1.165) is 22.1 Å². The number of amides is 2. The number of rotatable bonds is 11. The standard InChI is InChI=1S/C37H37FN4O5/c1-45-37(44)42(36(43)35(40)34(27-8-4-2-5-9-27)28-10-6-3-7-11-28)33-20-29(38)16-14-26(33)15-19-31-22-41-23-32(47-31)24-46-30-17-12-25(21-39)13-18-30/h2-14,16-18,20,31-32,34-35,41H,15,19,22-24,40H2,1H3/t31-,32+,35+/m1/s1. The molecule has 4 aromatic rings.